The maximum absolute atomic E-state index is 12.4. The normalized spacial score (nSPS) is 11.8. The molecule has 2 aromatic carbocycles. The van der Waals surface area contributed by atoms with Crippen LogP contribution < -0.4 is 10.1 Å². The minimum atomic E-state index is -0.498. The number of hydrogen-bond acceptors (Lipinski definition) is 2. The molecule has 1 N–H and O–H groups in total. The molecular formula is C19H23NO2. The molecule has 0 spiro atoms. The molecule has 0 unspecified atom stereocenters. The fourth-order valence-electron chi connectivity index (χ4n) is 2.19. The fourth-order valence-corrected chi connectivity index (χ4v) is 2.19. The summed E-state index contributed by atoms with van der Waals surface area (Å²) in [6.45, 7) is 7.96. The highest BCUT2D eigenvalue weighted by molar-refractivity contribution is 5.95. The van der Waals surface area contributed by atoms with E-state index < -0.39 is 6.10 Å². The molecule has 116 valence electrons. The third kappa shape index (κ3) is 4.10. The number of carbonyl (C=O) groups excluding carboxylic acids is 1. The number of benzene rings is 2. The highest BCUT2D eigenvalue weighted by Crippen LogP contribution is 2.19. The van der Waals surface area contributed by atoms with Crippen molar-refractivity contribution in [2.24, 2.45) is 0 Å². The number of aryl methyl sites for hydroxylation is 3. The fraction of sp³-hybridized carbons (Fsp3) is 0.316. The van der Waals surface area contributed by atoms with Gasteiger partial charge in [-0.1, -0.05) is 36.8 Å². The van der Waals surface area contributed by atoms with Crippen LogP contribution in [0.4, 0.5) is 5.69 Å². The Bertz CT molecular complexity index is 647. The Balaban J connectivity index is 2.08. The van der Waals surface area contributed by atoms with Crippen LogP contribution in [0.15, 0.2) is 42.5 Å². The van der Waals surface area contributed by atoms with Gasteiger partial charge < -0.3 is 10.1 Å². The quantitative estimate of drug-likeness (QED) is 0.888. The molecule has 2 aromatic rings. The molecular weight excluding hydrogens is 274 g/mol. The number of ether oxygens (including phenoxy) is 1. The van der Waals surface area contributed by atoms with Gasteiger partial charge in [0.2, 0.25) is 0 Å². The summed E-state index contributed by atoms with van der Waals surface area (Å²) in [6, 6.07) is 13.8. The zero-order valence-electron chi connectivity index (χ0n) is 13.6. The molecule has 0 saturated carbocycles. The van der Waals surface area contributed by atoms with Crippen molar-refractivity contribution < 1.29 is 9.53 Å². The Labute approximate surface area is 132 Å². The third-order valence-corrected chi connectivity index (χ3v) is 3.61. The largest absolute Gasteiger partial charge is 0.481 e. The van der Waals surface area contributed by atoms with Crippen molar-refractivity contribution in [2.75, 3.05) is 5.32 Å². The van der Waals surface area contributed by atoms with Gasteiger partial charge in [-0.15, -0.1) is 0 Å². The van der Waals surface area contributed by atoms with Crippen LogP contribution in [0, 0.1) is 20.8 Å². The Hall–Kier alpha value is -2.29. The number of anilines is 1. The number of nitrogens with one attached hydrogen (secondary N) is 1. The summed E-state index contributed by atoms with van der Waals surface area (Å²) in [5.74, 6) is 0.602. The Morgan fingerprint density at radius 2 is 1.68 bits per heavy atom. The van der Waals surface area contributed by atoms with E-state index in [1.165, 1.54) is 5.56 Å². The lowest BCUT2D eigenvalue weighted by atomic mass is 10.1. The van der Waals surface area contributed by atoms with Gasteiger partial charge in [0, 0.05) is 5.69 Å². The zero-order valence-corrected chi connectivity index (χ0v) is 13.6. The molecule has 0 heterocycles. The first-order chi connectivity index (χ1) is 10.5. The molecule has 0 saturated heterocycles. The molecule has 0 aliphatic rings. The average molecular weight is 297 g/mol. The molecule has 3 heteroatoms. The second kappa shape index (κ2) is 7.12. The van der Waals surface area contributed by atoms with Crippen LogP contribution in [-0.4, -0.2) is 12.0 Å². The van der Waals surface area contributed by atoms with E-state index in [0.29, 0.717) is 12.2 Å². The van der Waals surface area contributed by atoms with E-state index in [2.05, 4.69) is 5.32 Å². The monoisotopic (exact) mass is 297 g/mol. The highest BCUT2D eigenvalue weighted by atomic mass is 16.5. The van der Waals surface area contributed by atoms with E-state index >= 15 is 0 Å². The molecule has 0 aliphatic carbocycles. The van der Waals surface area contributed by atoms with Gasteiger partial charge in [0.05, 0.1) is 0 Å². The zero-order chi connectivity index (χ0) is 16.1. The maximum atomic E-state index is 12.4. The smallest absolute Gasteiger partial charge is 0.265 e. The first-order valence-electron chi connectivity index (χ1n) is 7.61. The summed E-state index contributed by atoms with van der Waals surface area (Å²) in [5, 5.41) is 2.97. The second-order valence-electron chi connectivity index (χ2n) is 5.64. The van der Waals surface area contributed by atoms with E-state index in [9.17, 15) is 4.79 Å². The highest BCUT2D eigenvalue weighted by Gasteiger charge is 2.19. The van der Waals surface area contributed by atoms with Crippen molar-refractivity contribution in [3.63, 3.8) is 0 Å². The molecule has 0 aliphatic heterocycles. The molecule has 0 aromatic heterocycles. The van der Waals surface area contributed by atoms with Gasteiger partial charge in [-0.3, -0.25) is 4.79 Å². The maximum Gasteiger partial charge on any atom is 0.265 e. The van der Waals surface area contributed by atoms with E-state index in [4.69, 9.17) is 4.74 Å². The summed E-state index contributed by atoms with van der Waals surface area (Å²) in [6.07, 6.45) is 0.118. The number of hydrogen-bond donors (Lipinski definition) is 1. The average Bonchev–Trinajstić information content (AvgIpc) is 2.50. The van der Waals surface area contributed by atoms with Gasteiger partial charge >= 0.3 is 0 Å². The molecule has 1 atom stereocenters. The van der Waals surface area contributed by atoms with Crippen molar-refractivity contribution in [3.8, 4) is 5.75 Å². The van der Waals surface area contributed by atoms with Crippen molar-refractivity contribution in [1.82, 2.24) is 0 Å². The Morgan fingerprint density at radius 1 is 1.05 bits per heavy atom. The molecule has 0 radical (unpaired) electrons. The summed E-state index contributed by atoms with van der Waals surface area (Å²) in [5.41, 5.74) is 4.17. The molecule has 1 amide bonds. The van der Waals surface area contributed by atoms with Crippen LogP contribution in [0.2, 0.25) is 0 Å². The summed E-state index contributed by atoms with van der Waals surface area (Å²) in [7, 11) is 0. The van der Waals surface area contributed by atoms with Crippen LogP contribution in [0.25, 0.3) is 0 Å². The van der Waals surface area contributed by atoms with Crippen molar-refractivity contribution >= 4 is 11.6 Å². The van der Waals surface area contributed by atoms with Gasteiger partial charge in [0.15, 0.2) is 6.10 Å². The SMILES string of the molecule is CC[C@@H](Oc1ccc(C)cc1)C(=O)Nc1cc(C)ccc1C. The van der Waals surface area contributed by atoms with E-state index in [1.54, 1.807) is 0 Å². The molecule has 3 nitrogen and oxygen atoms in total. The lowest BCUT2D eigenvalue weighted by Gasteiger charge is -2.18. The van der Waals surface area contributed by atoms with Crippen LogP contribution in [-0.2, 0) is 4.79 Å². The number of carbonyl (C=O) groups is 1. The van der Waals surface area contributed by atoms with Crippen LogP contribution in [0.5, 0.6) is 5.75 Å². The summed E-state index contributed by atoms with van der Waals surface area (Å²) < 4.78 is 5.81. The van der Waals surface area contributed by atoms with Crippen molar-refractivity contribution in [1.29, 1.82) is 0 Å². The van der Waals surface area contributed by atoms with E-state index in [1.807, 2.05) is 70.2 Å². The third-order valence-electron chi connectivity index (χ3n) is 3.61. The lowest BCUT2D eigenvalue weighted by Crippen LogP contribution is -2.32. The molecule has 2 rings (SSSR count). The minimum Gasteiger partial charge on any atom is -0.481 e. The molecule has 0 fully saturated rings. The Kier molecular flexibility index (Phi) is 5.21. The van der Waals surface area contributed by atoms with Crippen LogP contribution >= 0.6 is 0 Å². The van der Waals surface area contributed by atoms with E-state index in [0.717, 1.165) is 16.8 Å². The minimum absolute atomic E-state index is 0.114. The molecule has 0 bridgehead atoms. The van der Waals surface area contributed by atoms with Gasteiger partial charge in [0.25, 0.3) is 5.91 Å². The predicted octanol–water partition coefficient (Wildman–Crippen LogP) is 4.41. The molecule has 22 heavy (non-hydrogen) atoms. The van der Waals surface area contributed by atoms with Crippen LogP contribution in [0.1, 0.15) is 30.0 Å². The van der Waals surface area contributed by atoms with Gasteiger partial charge in [-0.25, -0.2) is 0 Å². The van der Waals surface area contributed by atoms with Gasteiger partial charge in [0.1, 0.15) is 5.75 Å². The summed E-state index contributed by atoms with van der Waals surface area (Å²) in [4.78, 5) is 12.4. The standard InChI is InChI=1S/C19H23NO2/c1-5-18(22-16-10-7-13(2)8-11-16)19(21)20-17-12-14(3)6-9-15(17)4/h6-12,18H,5H2,1-4H3,(H,20,21)/t18-/m1/s1. The van der Waals surface area contributed by atoms with Crippen molar-refractivity contribution in [3.05, 3.63) is 59.2 Å². The topological polar surface area (TPSA) is 38.3 Å². The van der Waals surface area contributed by atoms with Crippen molar-refractivity contribution in [2.45, 2.75) is 40.2 Å². The van der Waals surface area contributed by atoms with E-state index in [-0.39, 0.29) is 5.91 Å². The first kappa shape index (κ1) is 16.1. The number of amides is 1. The summed E-state index contributed by atoms with van der Waals surface area (Å²) >= 11 is 0. The van der Waals surface area contributed by atoms with Crippen LogP contribution in [0.3, 0.4) is 0 Å². The lowest BCUT2D eigenvalue weighted by molar-refractivity contribution is -0.122. The van der Waals surface area contributed by atoms with Gasteiger partial charge in [-0.05, 0) is 56.5 Å². The first-order valence-corrected chi connectivity index (χ1v) is 7.61. The van der Waals surface area contributed by atoms with Gasteiger partial charge in [-0.2, -0.15) is 0 Å². The predicted molar refractivity (Wildman–Crippen MR) is 90.4 cm³/mol. The second-order valence-corrected chi connectivity index (χ2v) is 5.64. The Morgan fingerprint density at radius 3 is 2.32 bits per heavy atom. The number of rotatable bonds is 5.